The van der Waals surface area contributed by atoms with Crippen LogP contribution in [0.5, 0.6) is 11.5 Å². The molecular formula is C19H18N2O5. The van der Waals surface area contributed by atoms with E-state index in [2.05, 4.69) is 10.3 Å². The lowest BCUT2D eigenvalue weighted by Crippen LogP contribution is -2.32. The minimum Gasteiger partial charge on any atom is -0.508 e. The number of aromatic nitrogens is 1. The van der Waals surface area contributed by atoms with E-state index in [-0.39, 0.29) is 23.8 Å². The highest BCUT2D eigenvalue weighted by Crippen LogP contribution is 2.44. The van der Waals surface area contributed by atoms with Crippen LogP contribution in [0.1, 0.15) is 30.9 Å². The number of carbonyl (C=O) groups is 2. The molecule has 1 aromatic carbocycles. The number of benzene rings is 1. The number of carbonyl (C=O) groups excluding carboxylic acids is 2. The average Bonchev–Trinajstić information content (AvgIpc) is 2.60. The molecule has 1 amide bonds. The number of phenolic OH excluding ortho intramolecular Hbond substituents is 1. The van der Waals surface area contributed by atoms with E-state index in [1.54, 1.807) is 31.5 Å². The van der Waals surface area contributed by atoms with Crippen LogP contribution in [0.15, 0.2) is 54.2 Å². The second-order valence-electron chi connectivity index (χ2n) is 5.69. The molecule has 1 aromatic heterocycles. The van der Waals surface area contributed by atoms with Gasteiger partial charge in [0.2, 0.25) is 11.8 Å². The minimum atomic E-state index is -0.594. The molecule has 0 fully saturated rings. The highest BCUT2D eigenvalue weighted by atomic mass is 16.5. The lowest BCUT2D eigenvalue weighted by atomic mass is 9.83. The number of phenols is 1. The van der Waals surface area contributed by atoms with Gasteiger partial charge in [-0.05, 0) is 24.6 Å². The molecule has 1 atom stereocenters. The van der Waals surface area contributed by atoms with Crippen molar-refractivity contribution in [3.05, 3.63) is 65.3 Å². The molecule has 2 aromatic rings. The van der Waals surface area contributed by atoms with Crippen molar-refractivity contribution < 1.29 is 24.2 Å². The van der Waals surface area contributed by atoms with Crippen LogP contribution in [0.2, 0.25) is 0 Å². The standard InChI is InChI=1S/C19H18N2O5/c1-3-25-19(24)17-16(12-5-4-8-20-10-12)14-7-6-13(23)9-15(14)26-18(17)21-11(2)22/h4-10,16,23H,3H2,1-2H3,(H,21,22). The zero-order chi connectivity index (χ0) is 18.7. The molecule has 0 saturated carbocycles. The summed E-state index contributed by atoms with van der Waals surface area (Å²) in [4.78, 5) is 28.4. The topological polar surface area (TPSA) is 97.8 Å². The molecule has 7 heteroatoms. The van der Waals surface area contributed by atoms with Crippen molar-refractivity contribution >= 4 is 11.9 Å². The number of ether oxygens (including phenoxy) is 2. The number of hydrogen-bond donors (Lipinski definition) is 2. The molecular weight excluding hydrogens is 336 g/mol. The fourth-order valence-corrected chi connectivity index (χ4v) is 2.87. The van der Waals surface area contributed by atoms with Crippen LogP contribution < -0.4 is 10.1 Å². The molecule has 3 rings (SSSR count). The number of rotatable bonds is 4. The third-order valence-electron chi connectivity index (χ3n) is 3.86. The van der Waals surface area contributed by atoms with Gasteiger partial charge in [0, 0.05) is 30.9 Å². The molecule has 0 spiro atoms. The van der Waals surface area contributed by atoms with Gasteiger partial charge in [0.05, 0.1) is 12.5 Å². The van der Waals surface area contributed by atoms with Crippen LogP contribution >= 0.6 is 0 Å². The molecule has 0 saturated heterocycles. The number of pyridine rings is 1. The molecule has 134 valence electrons. The van der Waals surface area contributed by atoms with E-state index < -0.39 is 17.8 Å². The third-order valence-corrected chi connectivity index (χ3v) is 3.86. The summed E-state index contributed by atoms with van der Waals surface area (Å²) in [7, 11) is 0. The number of aromatic hydroxyl groups is 1. The van der Waals surface area contributed by atoms with Crippen molar-refractivity contribution in [2.75, 3.05) is 6.61 Å². The number of amides is 1. The summed E-state index contributed by atoms with van der Waals surface area (Å²) in [5, 5.41) is 12.3. The molecule has 7 nitrogen and oxygen atoms in total. The second kappa shape index (κ2) is 7.26. The monoisotopic (exact) mass is 354 g/mol. The van der Waals surface area contributed by atoms with Gasteiger partial charge >= 0.3 is 5.97 Å². The molecule has 1 aliphatic rings. The average molecular weight is 354 g/mol. The summed E-state index contributed by atoms with van der Waals surface area (Å²) in [6.07, 6.45) is 3.26. The summed E-state index contributed by atoms with van der Waals surface area (Å²) in [5.74, 6) is -1.21. The highest BCUT2D eigenvalue weighted by Gasteiger charge is 2.37. The maximum atomic E-state index is 12.7. The van der Waals surface area contributed by atoms with Crippen molar-refractivity contribution in [3.63, 3.8) is 0 Å². The Kier molecular flexibility index (Phi) is 4.88. The van der Waals surface area contributed by atoms with Gasteiger partial charge in [0.1, 0.15) is 17.1 Å². The lowest BCUT2D eigenvalue weighted by molar-refractivity contribution is -0.139. The Hall–Kier alpha value is -3.35. The first-order valence-corrected chi connectivity index (χ1v) is 8.10. The van der Waals surface area contributed by atoms with Crippen molar-refractivity contribution in [1.82, 2.24) is 10.3 Å². The Labute approximate surface area is 150 Å². The molecule has 0 bridgehead atoms. The van der Waals surface area contributed by atoms with E-state index in [9.17, 15) is 14.7 Å². The Bertz CT molecular complexity index is 877. The van der Waals surface area contributed by atoms with Crippen LogP contribution in [0.3, 0.4) is 0 Å². The number of fused-ring (bicyclic) bond motifs is 1. The van der Waals surface area contributed by atoms with Gasteiger partial charge in [-0.25, -0.2) is 4.79 Å². The van der Waals surface area contributed by atoms with E-state index >= 15 is 0 Å². The first kappa shape index (κ1) is 17.5. The fourth-order valence-electron chi connectivity index (χ4n) is 2.87. The van der Waals surface area contributed by atoms with E-state index in [1.807, 2.05) is 6.07 Å². The summed E-state index contributed by atoms with van der Waals surface area (Å²) >= 11 is 0. The number of nitrogens with one attached hydrogen (secondary N) is 1. The van der Waals surface area contributed by atoms with E-state index in [0.29, 0.717) is 11.3 Å². The Morgan fingerprint density at radius 3 is 2.81 bits per heavy atom. The second-order valence-corrected chi connectivity index (χ2v) is 5.69. The van der Waals surface area contributed by atoms with Gasteiger partial charge in [-0.15, -0.1) is 0 Å². The Morgan fingerprint density at radius 2 is 2.15 bits per heavy atom. The van der Waals surface area contributed by atoms with Gasteiger partial charge < -0.3 is 14.6 Å². The largest absolute Gasteiger partial charge is 0.508 e. The Balaban J connectivity index is 2.23. The fraction of sp³-hybridized carbons (Fsp3) is 0.211. The predicted molar refractivity (Wildman–Crippen MR) is 92.3 cm³/mol. The van der Waals surface area contributed by atoms with Crippen LogP contribution in [0.25, 0.3) is 0 Å². The van der Waals surface area contributed by atoms with Crippen LogP contribution in [-0.2, 0) is 14.3 Å². The van der Waals surface area contributed by atoms with Crippen molar-refractivity contribution in [3.8, 4) is 11.5 Å². The van der Waals surface area contributed by atoms with E-state index in [0.717, 1.165) is 5.56 Å². The maximum Gasteiger partial charge on any atom is 0.340 e. The van der Waals surface area contributed by atoms with Crippen molar-refractivity contribution in [2.45, 2.75) is 19.8 Å². The van der Waals surface area contributed by atoms with Gasteiger partial charge in [-0.1, -0.05) is 12.1 Å². The molecule has 1 unspecified atom stereocenters. The summed E-state index contributed by atoms with van der Waals surface area (Å²) in [6, 6.07) is 8.20. The maximum absolute atomic E-state index is 12.7. The SMILES string of the molecule is CCOC(=O)C1=C(NC(C)=O)Oc2cc(O)ccc2C1c1cccnc1. The van der Waals surface area contributed by atoms with Crippen LogP contribution in [0.4, 0.5) is 0 Å². The summed E-state index contributed by atoms with van der Waals surface area (Å²) in [6.45, 7) is 3.19. The lowest BCUT2D eigenvalue weighted by Gasteiger charge is -2.29. The molecule has 2 heterocycles. The third kappa shape index (κ3) is 3.37. The smallest absolute Gasteiger partial charge is 0.340 e. The number of hydrogen-bond acceptors (Lipinski definition) is 6. The van der Waals surface area contributed by atoms with E-state index in [1.165, 1.54) is 19.1 Å². The molecule has 2 N–H and O–H groups in total. The van der Waals surface area contributed by atoms with Crippen LogP contribution in [0, 0.1) is 0 Å². The minimum absolute atomic E-state index is 0.00967. The van der Waals surface area contributed by atoms with Crippen molar-refractivity contribution in [1.29, 1.82) is 0 Å². The number of nitrogens with zero attached hydrogens (tertiary/aromatic N) is 1. The normalized spacial score (nSPS) is 15.7. The van der Waals surface area contributed by atoms with Gasteiger partial charge in [-0.3, -0.25) is 15.1 Å². The summed E-state index contributed by atoms with van der Waals surface area (Å²) < 4.78 is 10.9. The molecule has 26 heavy (non-hydrogen) atoms. The van der Waals surface area contributed by atoms with Gasteiger partial charge in [0.25, 0.3) is 0 Å². The first-order chi connectivity index (χ1) is 12.5. The summed E-state index contributed by atoms with van der Waals surface area (Å²) in [5.41, 5.74) is 1.56. The molecule has 0 aliphatic carbocycles. The number of esters is 1. The van der Waals surface area contributed by atoms with Crippen LogP contribution in [-0.4, -0.2) is 28.6 Å². The van der Waals surface area contributed by atoms with E-state index in [4.69, 9.17) is 9.47 Å². The zero-order valence-corrected chi connectivity index (χ0v) is 14.4. The molecule has 1 aliphatic heterocycles. The quantitative estimate of drug-likeness (QED) is 0.817. The van der Waals surface area contributed by atoms with Gasteiger partial charge in [0.15, 0.2) is 0 Å². The molecule has 0 radical (unpaired) electrons. The predicted octanol–water partition coefficient (Wildman–Crippen LogP) is 2.22. The first-order valence-electron chi connectivity index (χ1n) is 8.10. The highest BCUT2D eigenvalue weighted by molar-refractivity contribution is 5.93. The Morgan fingerprint density at radius 1 is 1.35 bits per heavy atom. The zero-order valence-electron chi connectivity index (χ0n) is 14.4. The van der Waals surface area contributed by atoms with Crippen molar-refractivity contribution in [2.24, 2.45) is 0 Å². The van der Waals surface area contributed by atoms with Gasteiger partial charge in [-0.2, -0.15) is 0 Å².